The van der Waals surface area contributed by atoms with Crippen LogP contribution in [-0.4, -0.2) is 23.2 Å². The highest BCUT2D eigenvalue weighted by Crippen LogP contribution is 2.19. The molecule has 0 spiro atoms. The largest absolute Gasteiger partial charge is 0.480 e. The van der Waals surface area contributed by atoms with E-state index in [-0.39, 0.29) is 12.5 Å². The zero-order valence-corrected chi connectivity index (χ0v) is 12.8. The predicted molar refractivity (Wildman–Crippen MR) is 86.0 cm³/mol. The Morgan fingerprint density at radius 2 is 1.61 bits per heavy atom. The third-order valence-corrected chi connectivity index (χ3v) is 3.58. The van der Waals surface area contributed by atoms with Gasteiger partial charge in [-0.2, -0.15) is 0 Å². The van der Waals surface area contributed by atoms with Gasteiger partial charge < -0.3 is 15.2 Å². The van der Waals surface area contributed by atoms with Crippen molar-refractivity contribution in [3.8, 4) is 0 Å². The van der Waals surface area contributed by atoms with Crippen molar-refractivity contribution in [2.75, 3.05) is 0 Å². The molecule has 0 bridgehead atoms. The summed E-state index contributed by atoms with van der Waals surface area (Å²) in [5, 5.41) is 11.8. The topological polar surface area (TPSA) is 75.6 Å². The molecule has 1 amide bonds. The second-order valence-electron chi connectivity index (χ2n) is 5.22. The van der Waals surface area contributed by atoms with Crippen LogP contribution in [0.1, 0.15) is 24.0 Å². The number of amides is 1. The normalized spacial score (nSPS) is 12.9. The van der Waals surface area contributed by atoms with E-state index < -0.39 is 18.1 Å². The lowest BCUT2D eigenvalue weighted by atomic mass is 9.93. The van der Waals surface area contributed by atoms with E-state index in [4.69, 9.17) is 4.74 Å². The van der Waals surface area contributed by atoms with Gasteiger partial charge in [0.25, 0.3) is 0 Å². The second-order valence-corrected chi connectivity index (χ2v) is 5.22. The van der Waals surface area contributed by atoms with E-state index >= 15 is 0 Å². The van der Waals surface area contributed by atoms with Gasteiger partial charge in [0.05, 0.1) is 0 Å². The molecule has 2 aromatic rings. The number of carboxylic acid groups (broad SMARTS) is 1. The first kappa shape index (κ1) is 16.5. The second kappa shape index (κ2) is 7.98. The highest BCUT2D eigenvalue weighted by Gasteiger charge is 2.28. The molecule has 23 heavy (non-hydrogen) atoms. The average molecular weight is 313 g/mol. The van der Waals surface area contributed by atoms with Crippen molar-refractivity contribution in [2.45, 2.75) is 25.5 Å². The van der Waals surface area contributed by atoms with Gasteiger partial charge in [-0.3, -0.25) is 0 Å². The van der Waals surface area contributed by atoms with Gasteiger partial charge in [-0.15, -0.1) is 0 Å². The number of hydrogen-bond donors (Lipinski definition) is 2. The summed E-state index contributed by atoms with van der Waals surface area (Å²) in [6, 6.07) is 17.3. The Hall–Kier alpha value is -2.82. The summed E-state index contributed by atoms with van der Waals surface area (Å²) in [4.78, 5) is 23.3. The van der Waals surface area contributed by atoms with Crippen LogP contribution in [0.4, 0.5) is 4.79 Å². The number of carbonyl (C=O) groups excluding carboxylic acids is 1. The lowest BCUT2D eigenvalue weighted by molar-refractivity contribution is -0.139. The van der Waals surface area contributed by atoms with Gasteiger partial charge in [0.1, 0.15) is 12.6 Å². The van der Waals surface area contributed by atoms with Crippen LogP contribution in [0.25, 0.3) is 0 Å². The molecule has 120 valence electrons. The van der Waals surface area contributed by atoms with Crippen molar-refractivity contribution < 1.29 is 19.4 Å². The molecule has 0 saturated carbocycles. The molecule has 0 unspecified atom stereocenters. The fourth-order valence-electron chi connectivity index (χ4n) is 2.24. The number of ether oxygens (including phenoxy) is 1. The van der Waals surface area contributed by atoms with Crippen LogP contribution < -0.4 is 5.32 Å². The van der Waals surface area contributed by atoms with Gasteiger partial charge in [-0.05, 0) is 11.1 Å². The highest BCUT2D eigenvalue weighted by atomic mass is 16.5. The fraction of sp³-hybridized carbons (Fsp3) is 0.222. The zero-order chi connectivity index (χ0) is 16.7. The van der Waals surface area contributed by atoms with Crippen molar-refractivity contribution in [3.05, 3.63) is 71.8 Å². The third-order valence-electron chi connectivity index (χ3n) is 3.58. The number of hydrogen-bond acceptors (Lipinski definition) is 3. The number of nitrogens with one attached hydrogen (secondary N) is 1. The Balaban J connectivity index is 1.96. The first-order valence-electron chi connectivity index (χ1n) is 7.33. The molecular formula is C18H19NO4. The van der Waals surface area contributed by atoms with Crippen molar-refractivity contribution in [2.24, 2.45) is 0 Å². The van der Waals surface area contributed by atoms with Crippen LogP contribution >= 0.6 is 0 Å². The molecule has 5 nitrogen and oxygen atoms in total. The first-order chi connectivity index (χ1) is 11.1. The van der Waals surface area contributed by atoms with Crippen LogP contribution in [0.2, 0.25) is 0 Å². The van der Waals surface area contributed by atoms with E-state index in [0.29, 0.717) is 0 Å². The molecule has 0 aromatic heterocycles. The molecule has 0 aliphatic rings. The van der Waals surface area contributed by atoms with E-state index in [9.17, 15) is 14.7 Å². The van der Waals surface area contributed by atoms with Crippen molar-refractivity contribution in [3.63, 3.8) is 0 Å². The zero-order valence-electron chi connectivity index (χ0n) is 12.8. The molecule has 0 aliphatic heterocycles. The maximum absolute atomic E-state index is 11.9. The van der Waals surface area contributed by atoms with Crippen LogP contribution in [0.3, 0.4) is 0 Å². The Bertz CT molecular complexity index is 643. The average Bonchev–Trinajstić information content (AvgIpc) is 2.58. The molecule has 2 N–H and O–H groups in total. The Kier molecular flexibility index (Phi) is 5.74. The van der Waals surface area contributed by atoms with Gasteiger partial charge in [-0.1, -0.05) is 67.6 Å². The molecule has 2 rings (SSSR count). The summed E-state index contributed by atoms with van der Waals surface area (Å²) in [7, 11) is 0. The molecule has 2 atom stereocenters. The molecule has 0 fully saturated rings. The maximum atomic E-state index is 11.9. The minimum atomic E-state index is -1.10. The van der Waals surface area contributed by atoms with Gasteiger partial charge in [-0.25, -0.2) is 9.59 Å². The van der Waals surface area contributed by atoms with E-state index in [0.717, 1.165) is 11.1 Å². The molecule has 5 heteroatoms. The van der Waals surface area contributed by atoms with Crippen LogP contribution in [0.15, 0.2) is 60.7 Å². The van der Waals surface area contributed by atoms with E-state index in [2.05, 4.69) is 5.32 Å². The van der Waals surface area contributed by atoms with E-state index in [1.54, 1.807) is 6.92 Å². The first-order valence-corrected chi connectivity index (χ1v) is 7.33. The lowest BCUT2D eigenvalue weighted by Crippen LogP contribution is -2.44. The van der Waals surface area contributed by atoms with E-state index in [1.165, 1.54) is 0 Å². The number of benzene rings is 2. The summed E-state index contributed by atoms with van der Waals surface area (Å²) in [6.45, 7) is 1.85. The number of rotatable bonds is 6. The monoisotopic (exact) mass is 313 g/mol. The summed E-state index contributed by atoms with van der Waals surface area (Å²) in [6.07, 6.45) is -0.746. The van der Waals surface area contributed by atoms with E-state index in [1.807, 2.05) is 60.7 Å². The Labute approximate surface area is 134 Å². The van der Waals surface area contributed by atoms with Crippen molar-refractivity contribution in [1.29, 1.82) is 0 Å². The minimum Gasteiger partial charge on any atom is -0.480 e. The third kappa shape index (κ3) is 4.85. The van der Waals surface area contributed by atoms with Gasteiger partial charge in [0.15, 0.2) is 0 Å². The van der Waals surface area contributed by atoms with Gasteiger partial charge >= 0.3 is 12.1 Å². The van der Waals surface area contributed by atoms with Crippen LogP contribution in [0, 0.1) is 0 Å². The number of carboxylic acids is 1. The highest BCUT2D eigenvalue weighted by molar-refractivity contribution is 5.81. The maximum Gasteiger partial charge on any atom is 0.408 e. The summed E-state index contributed by atoms with van der Waals surface area (Å²) in [5.41, 5.74) is 1.67. The van der Waals surface area contributed by atoms with Crippen molar-refractivity contribution in [1.82, 2.24) is 5.32 Å². The quantitative estimate of drug-likeness (QED) is 0.859. The molecule has 0 aliphatic carbocycles. The SMILES string of the molecule is C[C@@H](c1ccccc1)[C@H](NC(=O)OCc1ccccc1)C(=O)O. The summed E-state index contributed by atoms with van der Waals surface area (Å²) >= 11 is 0. The molecular weight excluding hydrogens is 294 g/mol. The number of carbonyl (C=O) groups is 2. The van der Waals surface area contributed by atoms with Gasteiger partial charge in [0.2, 0.25) is 0 Å². The van der Waals surface area contributed by atoms with Crippen LogP contribution in [0.5, 0.6) is 0 Å². The summed E-state index contributed by atoms with van der Waals surface area (Å²) < 4.78 is 5.08. The Morgan fingerprint density at radius 1 is 1.04 bits per heavy atom. The number of alkyl carbamates (subject to hydrolysis) is 1. The molecule has 0 radical (unpaired) electrons. The molecule has 2 aromatic carbocycles. The minimum absolute atomic E-state index is 0.0960. The van der Waals surface area contributed by atoms with Crippen LogP contribution in [-0.2, 0) is 16.1 Å². The smallest absolute Gasteiger partial charge is 0.408 e. The number of aliphatic carboxylic acids is 1. The standard InChI is InChI=1S/C18H19NO4/c1-13(15-10-6-3-7-11-15)16(17(20)21)19-18(22)23-12-14-8-4-2-5-9-14/h2-11,13,16H,12H2,1H3,(H,19,22)(H,20,21)/t13-,16-/m0/s1. The van der Waals surface area contributed by atoms with Crippen molar-refractivity contribution >= 4 is 12.1 Å². The lowest BCUT2D eigenvalue weighted by Gasteiger charge is -2.21. The predicted octanol–water partition coefficient (Wildman–Crippen LogP) is 3.17. The van der Waals surface area contributed by atoms with Gasteiger partial charge in [0, 0.05) is 5.92 Å². The molecule has 0 heterocycles. The molecule has 0 saturated heterocycles. The fourth-order valence-corrected chi connectivity index (χ4v) is 2.24. The summed E-state index contributed by atoms with van der Waals surface area (Å²) in [5.74, 6) is -1.48. The Morgan fingerprint density at radius 3 is 2.17 bits per heavy atom.